The zero-order chi connectivity index (χ0) is 31.2. The van der Waals surface area contributed by atoms with E-state index in [2.05, 4.69) is 11.9 Å². The number of fused-ring (bicyclic) bond motifs is 1. The van der Waals surface area contributed by atoms with Crippen LogP contribution in [0.15, 0.2) is 60.3 Å². The molecule has 0 fully saturated rings. The highest BCUT2D eigenvalue weighted by Crippen LogP contribution is 2.39. The molecule has 5 rings (SSSR count). The van der Waals surface area contributed by atoms with Gasteiger partial charge in [0.05, 0.1) is 31.8 Å². The first-order valence-corrected chi connectivity index (χ1v) is 14.0. The van der Waals surface area contributed by atoms with Crippen molar-refractivity contribution in [1.82, 2.24) is 9.55 Å². The molecule has 0 saturated heterocycles. The summed E-state index contributed by atoms with van der Waals surface area (Å²) in [6.45, 7) is 1.96. The number of unbranched alkanes of at least 4 members (excludes halogenated alkanes) is 1. The molecule has 0 radical (unpaired) electrons. The average Bonchev–Trinajstić information content (AvgIpc) is 3.64. The SMILES string of the molecule is CCCCc1ncc(/C=C(\Cc2cc3c(cc2OC)OCO3)C(=O)O)n1-c1ccc(OC)cc1OCc1ccc(F)cc1F. The van der Waals surface area contributed by atoms with Crippen molar-refractivity contribution in [2.24, 2.45) is 0 Å². The number of aryl methyl sites for hydroxylation is 1. The molecule has 0 amide bonds. The molecule has 230 valence electrons. The smallest absolute Gasteiger partial charge is 0.331 e. The summed E-state index contributed by atoms with van der Waals surface area (Å²) in [5.74, 6) is 0.498. The van der Waals surface area contributed by atoms with Crippen LogP contribution in [0.3, 0.4) is 0 Å². The average molecular weight is 607 g/mol. The molecule has 0 spiro atoms. The molecule has 0 unspecified atom stereocenters. The van der Waals surface area contributed by atoms with E-state index in [1.54, 1.807) is 42.6 Å². The molecule has 1 aliphatic heterocycles. The number of hydrogen-bond donors (Lipinski definition) is 1. The maximum atomic E-state index is 14.4. The Labute approximate surface area is 253 Å². The molecule has 11 heteroatoms. The summed E-state index contributed by atoms with van der Waals surface area (Å²) in [5, 5.41) is 10.2. The van der Waals surface area contributed by atoms with Gasteiger partial charge in [0, 0.05) is 47.7 Å². The van der Waals surface area contributed by atoms with Crippen molar-refractivity contribution in [2.45, 2.75) is 39.2 Å². The fraction of sp³-hybridized carbons (Fsp3) is 0.273. The summed E-state index contributed by atoms with van der Waals surface area (Å²) in [4.78, 5) is 17.2. The van der Waals surface area contributed by atoms with E-state index in [1.807, 2.05) is 4.57 Å². The minimum atomic E-state index is -1.12. The van der Waals surface area contributed by atoms with Gasteiger partial charge < -0.3 is 28.8 Å². The highest BCUT2D eigenvalue weighted by atomic mass is 19.1. The van der Waals surface area contributed by atoms with Gasteiger partial charge >= 0.3 is 5.97 Å². The van der Waals surface area contributed by atoms with E-state index < -0.39 is 17.6 Å². The van der Waals surface area contributed by atoms with Crippen molar-refractivity contribution < 1.29 is 42.4 Å². The number of ether oxygens (including phenoxy) is 5. The zero-order valence-corrected chi connectivity index (χ0v) is 24.6. The number of halogens is 2. The second kappa shape index (κ2) is 13.5. The number of hydrogen-bond acceptors (Lipinski definition) is 7. The summed E-state index contributed by atoms with van der Waals surface area (Å²) in [7, 11) is 3.02. The minimum Gasteiger partial charge on any atom is -0.497 e. The number of nitrogens with zero attached hydrogens (tertiary/aromatic N) is 2. The van der Waals surface area contributed by atoms with Gasteiger partial charge in [0.1, 0.15) is 41.3 Å². The summed E-state index contributed by atoms with van der Waals surface area (Å²) < 4.78 is 57.6. The second-order valence-corrected chi connectivity index (χ2v) is 10.1. The minimum absolute atomic E-state index is 0.0282. The molecule has 1 N–H and O–H groups in total. The van der Waals surface area contributed by atoms with Crippen LogP contribution in [0.5, 0.6) is 28.7 Å². The zero-order valence-electron chi connectivity index (χ0n) is 24.6. The fourth-order valence-electron chi connectivity index (χ4n) is 4.88. The maximum Gasteiger partial charge on any atom is 0.331 e. The van der Waals surface area contributed by atoms with Crippen LogP contribution >= 0.6 is 0 Å². The topological polar surface area (TPSA) is 101 Å². The van der Waals surface area contributed by atoms with Crippen LogP contribution in [0.25, 0.3) is 11.8 Å². The van der Waals surface area contributed by atoms with Crippen molar-refractivity contribution >= 4 is 12.0 Å². The van der Waals surface area contributed by atoms with Crippen molar-refractivity contribution in [3.05, 3.63) is 94.6 Å². The molecule has 1 aromatic heterocycles. The van der Waals surface area contributed by atoms with Gasteiger partial charge in [-0.1, -0.05) is 13.3 Å². The number of carboxylic acid groups (broad SMARTS) is 1. The highest BCUT2D eigenvalue weighted by molar-refractivity contribution is 5.92. The Morgan fingerprint density at radius 1 is 1.02 bits per heavy atom. The van der Waals surface area contributed by atoms with E-state index in [0.29, 0.717) is 57.9 Å². The molecule has 4 aromatic rings. The first kappa shape index (κ1) is 30.4. The van der Waals surface area contributed by atoms with Gasteiger partial charge in [0.2, 0.25) is 6.79 Å². The van der Waals surface area contributed by atoms with E-state index >= 15 is 0 Å². The quantitative estimate of drug-likeness (QED) is 0.172. The molecule has 9 nitrogen and oxygen atoms in total. The largest absolute Gasteiger partial charge is 0.497 e. The van der Waals surface area contributed by atoms with Gasteiger partial charge in [-0.2, -0.15) is 0 Å². The molecular weight excluding hydrogens is 574 g/mol. The van der Waals surface area contributed by atoms with Crippen LogP contribution in [-0.2, 0) is 24.2 Å². The van der Waals surface area contributed by atoms with Gasteiger partial charge in [-0.25, -0.2) is 18.6 Å². The predicted molar refractivity (Wildman–Crippen MR) is 158 cm³/mol. The molecular formula is C33H32F2N2O7. The van der Waals surface area contributed by atoms with Crippen LogP contribution in [0.2, 0.25) is 0 Å². The lowest BCUT2D eigenvalue weighted by atomic mass is 10.0. The number of aliphatic carboxylic acids is 1. The van der Waals surface area contributed by atoms with Crippen LogP contribution in [0.4, 0.5) is 8.78 Å². The van der Waals surface area contributed by atoms with E-state index in [0.717, 1.165) is 18.9 Å². The standard InChI is InChI=1S/C33H32F2N2O7/c1-4-5-6-32-36-17-24(12-22(33(38)39)11-21-13-30-31(44-19-43-30)16-28(21)41-3)37(32)27-10-9-25(40-2)15-29(27)42-18-20-7-8-23(34)14-26(20)35/h7-10,12-17H,4-6,11,18-19H2,1-3H3,(H,38,39)/b22-12+. The Morgan fingerprint density at radius 3 is 2.52 bits per heavy atom. The van der Waals surface area contributed by atoms with Crippen LogP contribution in [-0.4, -0.2) is 41.6 Å². The Morgan fingerprint density at radius 2 is 1.82 bits per heavy atom. The fourth-order valence-corrected chi connectivity index (χ4v) is 4.88. The van der Waals surface area contributed by atoms with Crippen LogP contribution in [0.1, 0.15) is 42.4 Å². The van der Waals surface area contributed by atoms with Gasteiger partial charge in [-0.15, -0.1) is 0 Å². The molecule has 0 atom stereocenters. The molecule has 2 heterocycles. The lowest BCUT2D eigenvalue weighted by molar-refractivity contribution is -0.132. The van der Waals surface area contributed by atoms with Crippen molar-refractivity contribution in [2.75, 3.05) is 21.0 Å². The summed E-state index contributed by atoms with van der Waals surface area (Å²) in [6.07, 6.45) is 5.56. The molecule has 0 saturated carbocycles. The number of imidazole rings is 1. The van der Waals surface area contributed by atoms with Crippen LogP contribution in [0, 0.1) is 11.6 Å². The maximum absolute atomic E-state index is 14.4. The van der Waals surface area contributed by atoms with E-state index in [4.69, 9.17) is 23.7 Å². The van der Waals surface area contributed by atoms with Gasteiger partial charge in [0.25, 0.3) is 0 Å². The number of benzene rings is 3. The normalized spacial score (nSPS) is 12.3. The van der Waals surface area contributed by atoms with Crippen molar-refractivity contribution in [3.63, 3.8) is 0 Å². The van der Waals surface area contributed by atoms with Gasteiger partial charge in [0.15, 0.2) is 11.5 Å². The Bertz CT molecular complexity index is 1700. The Balaban J connectivity index is 1.57. The van der Waals surface area contributed by atoms with Crippen molar-refractivity contribution in [1.29, 1.82) is 0 Å². The summed E-state index contributed by atoms with van der Waals surface area (Å²) >= 11 is 0. The molecule has 3 aromatic carbocycles. The first-order chi connectivity index (χ1) is 21.3. The molecule has 1 aliphatic rings. The lowest BCUT2D eigenvalue weighted by Gasteiger charge is -2.18. The number of carbonyl (C=O) groups is 1. The van der Waals surface area contributed by atoms with E-state index in [9.17, 15) is 18.7 Å². The third-order valence-corrected chi connectivity index (χ3v) is 7.18. The summed E-state index contributed by atoms with van der Waals surface area (Å²) in [5.41, 5.74) is 1.90. The highest BCUT2D eigenvalue weighted by Gasteiger charge is 2.22. The number of carboxylic acids is 1. The Kier molecular flexibility index (Phi) is 9.32. The third-order valence-electron chi connectivity index (χ3n) is 7.18. The lowest BCUT2D eigenvalue weighted by Crippen LogP contribution is -2.09. The third kappa shape index (κ3) is 6.61. The predicted octanol–water partition coefficient (Wildman–Crippen LogP) is 6.53. The number of methoxy groups -OCH3 is 2. The number of aromatic nitrogens is 2. The molecule has 44 heavy (non-hydrogen) atoms. The second-order valence-electron chi connectivity index (χ2n) is 10.1. The van der Waals surface area contributed by atoms with Crippen LogP contribution < -0.4 is 23.7 Å². The van der Waals surface area contributed by atoms with E-state index in [-0.39, 0.29) is 31.0 Å². The molecule has 0 aliphatic carbocycles. The Hall–Kier alpha value is -5.06. The summed E-state index contributed by atoms with van der Waals surface area (Å²) in [6, 6.07) is 11.8. The monoisotopic (exact) mass is 606 g/mol. The molecule has 0 bridgehead atoms. The first-order valence-electron chi connectivity index (χ1n) is 14.0. The van der Waals surface area contributed by atoms with Gasteiger partial charge in [-0.3, -0.25) is 4.57 Å². The van der Waals surface area contributed by atoms with E-state index in [1.165, 1.54) is 26.4 Å². The number of rotatable bonds is 13. The van der Waals surface area contributed by atoms with Gasteiger partial charge in [-0.05, 0) is 42.8 Å². The van der Waals surface area contributed by atoms with Crippen molar-refractivity contribution in [3.8, 4) is 34.4 Å².